The summed E-state index contributed by atoms with van der Waals surface area (Å²) in [5, 5.41) is 9.32. The SMILES string of the molecule is O=S(=O)(NCC(F)(F)F)c1ccc(S(=O)(=O)NC2(CO)CCC2)cc1. The molecule has 1 aliphatic rings. The fraction of sp³-hybridized carbons (Fsp3) is 0.538. The standard InChI is InChI=1S/C13H17F3N2O5S2/c14-13(15,16)8-17-24(20,21)10-2-4-11(5-3-10)25(22,23)18-12(9-19)6-1-7-12/h2-5,17-19H,1,6-9H2. The summed E-state index contributed by atoms with van der Waals surface area (Å²) in [5.41, 5.74) is -0.919. The lowest BCUT2D eigenvalue weighted by Gasteiger charge is -2.40. The molecule has 0 heterocycles. The van der Waals surface area contributed by atoms with Crippen molar-refractivity contribution >= 4 is 20.0 Å². The number of hydrogen-bond acceptors (Lipinski definition) is 5. The molecule has 3 N–H and O–H groups in total. The van der Waals surface area contributed by atoms with Crippen molar-refractivity contribution < 1.29 is 35.1 Å². The summed E-state index contributed by atoms with van der Waals surface area (Å²) in [4.78, 5) is -0.738. The molecule has 0 radical (unpaired) electrons. The van der Waals surface area contributed by atoms with Gasteiger partial charge in [-0.15, -0.1) is 0 Å². The number of alkyl halides is 3. The number of rotatable bonds is 7. The lowest BCUT2D eigenvalue weighted by Crippen LogP contribution is -2.55. The Morgan fingerprint density at radius 3 is 1.84 bits per heavy atom. The van der Waals surface area contributed by atoms with Crippen LogP contribution in [0.2, 0.25) is 0 Å². The molecule has 0 spiro atoms. The molecule has 0 aliphatic heterocycles. The average molecular weight is 402 g/mol. The lowest BCUT2D eigenvalue weighted by atomic mass is 9.78. The molecule has 142 valence electrons. The quantitative estimate of drug-likeness (QED) is 0.622. The Bertz CT molecular complexity index is 811. The van der Waals surface area contributed by atoms with E-state index >= 15 is 0 Å². The van der Waals surface area contributed by atoms with Crippen molar-refractivity contribution in [3.63, 3.8) is 0 Å². The smallest absolute Gasteiger partial charge is 0.394 e. The molecule has 0 unspecified atom stereocenters. The third-order valence-electron chi connectivity index (χ3n) is 3.87. The lowest BCUT2D eigenvalue weighted by molar-refractivity contribution is -0.121. The molecule has 0 amide bonds. The third kappa shape index (κ3) is 4.91. The first-order valence-corrected chi connectivity index (χ1v) is 10.2. The number of sulfonamides is 2. The largest absolute Gasteiger partial charge is 0.402 e. The number of nitrogens with one attached hydrogen (secondary N) is 2. The third-order valence-corrected chi connectivity index (χ3v) is 6.88. The van der Waals surface area contributed by atoms with Crippen LogP contribution in [0.15, 0.2) is 34.1 Å². The highest BCUT2D eigenvalue weighted by molar-refractivity contribution is 7.90. The molecule has 0 atom stereocenters. The van der Waals surface area contributed by atoms with Crippen LogP contribution in [0.25, 0.3) is 0 Å². The minimum atomic E-state index is -4.71. The fourth-order valence-corrected chi connectivity index (χ4v) is 4.76. The number of aliphatic hydroxyl groups excluding tert-OH is 1. The van der Waals surface area contributed by atoms with Crippen LogP contribution < -0.4 is 9.44 Å². The Morgan fingerprint density at radius 2 is 1.48 bits per heavy atom. The zero-order valence-electron chi connectivity index (χ0n) is 12.9. The molecule has 0 aromatic heterocycles. The Kier molecular flexibility index (Phi) is 5.50. The van der Waals surface area contributed by atoms with E-state index in [-0.39, 0.29) is 11.5 Å². The van der Waals surface area contributed by atoms with Crippen molar-refractivity contribution in [3.8, 4) is 0 Å². The van der Waals surface area contributed by atoms with Crippen molar-refractivity contribution in [1.82, 2.24) is 9.44 Å². The summed E-state index contributed by atoms with van der Waals surface area (Å²) < 4.78 is 88.2. The van der Waals surface area contributed by atoms with Gasteiger partial charge >= 0.3 is 6.18 Å². The Morgan fingerprint density at radius 1 is 1.00 bits per heavy atom. The van der Waals surface area contributed by atoms with Gasteiger partial charge in [0.1, 0.15) is 6.54 Å². The van der Waals surface area contributed by atoms with Gasteiger partial charge < -0.3 is 5.11 Å². The number of aliphatic hydroxyl groups is 1. The van der Waals surface area contributed by atoms with E-state index in [1.165, 1.54) is 4.72 Å². The first-order chi connectivity index (χ1) is 11.4. The molecule has 0 saturated heterocycles. The van der Waals surface area contributed by atoms with Gasteiger partial charge in [-0.05, 0) is 43.5 Å². The van der Waals surface area contributed by atoms with Gasteiger partial charge in [0.05, 0.1) is 21.9 Å². The van der Waals surface area contributed by atoms with E-state index in [0.717, 1.165) is 30.7 Å². The number of halogens is 3. The maximum atomic E-state index is 12.3. The van der Waals surface area contributed by atoms with Gasteiger partial charge in [-0.25, -0.2) is 26.3 Å². The van der Waals surface area contributed by atoms with E-state index in [9.17, 15) is 35.1 Å². The second kappa shape index (κ2) is 6.83. The van der Waals surface area contributed by atoms with Crippen molar-refractivity contribution in [2.75, 3.05) is 13.2 Å². The van der Waals surface area contributed by atoms with Crippen LogP contribution in [0.4, 0.5) is 13.2 Å². The Labute approximate surface area is 143 Å². The van der Waals surface area contributed by atoms with Gasteiger partial charge in [0.15, 0.2) is 0 Å². The highest BCUT2D eigenvalue weighted by Crippen LogP contribution is 2.33. The zero-order chi connectivity index (χ0) is 18.9. The van der Waals surface area contributed by atoms with Crippen LogP contribution in [0.1, 0.15) is 19.3 Å². The van der Waals surface area contributed by atoms with Crippen LogP contribution in [0.5, 0.6) is 0 Å². The minimum absolute atomic E-state index is 0.248. The van der Waals surface area contributed by atoms with Crippen molar-refractivity contribution in [3.05, 3.63) is 24.3 Å². The second-order valence-electron chi connectivity index (χ2n) is 5.81. The highest BCUT2D eigenvalue weighted by Gasteiger charge is 2.40. The minimum Gasteiger partial charge on any atom is -0.394 e. The second-order valence-corrected chi connectivity index (χ2v) is 9.26. The van der Waals surface area contributed by atoms with Crippen molar-refractivity contribution in [2.24, 2.45) is 0 Å². The molecule has 1 saturated carbocycles. The maximum Gasteiger partial charge on any atom is 0.402 e. The predicted octanol–water partition coefficient (Wildman–Crippen LogP) is 0.720. The first kappa shape index (κ1) is 20.1. The molecule has 25 heavy (non-hydrogen) atoms. The summed E-state index contributed by atoms with van der Waals surface area (Å²) in [7, 11) is -8.41. The van der Waals surface area contributed by atoms with E-state index in [1.54, 1.807) is 0 Å². The Balaban J connectivity index is 2.16. The van der Waals surface area contributed by atoms with Crippen LogP contribution in [-0.2, 0) is 20.0 Å². The van der Waals surface area contributed by atoms with Crippen LogP contribution in [0.3, 0.4) is 0 Å². The van der Waals surface area contributed by atoms with E-state index < -0.39 is 43.2 Å². The summed E-state index contributed by atoms with van der Waals surface area (Å²) in [5.74, 6) is 0. The van der Waals surface area contributed by atoms with E-state index in [1.807, 2.05) is 0 Å². The molecule has 0 bridgehead atoms. The van der Waals surface area contributed by atoms with E-state index in [2.05, 4.69) is 4.72 Å². The summed E-state index contributed by atoms with van der Waals surface area (Å²) in [6, 6.07) is 3.77. The van der Waals surface area contributed by atoms with E-state index in [0.29, 0.717) is 12.8 Å². The summed E-state index contributed by atoms with van der Waals surface area (Å²) in [6.07, 6.45) is -2.97. The number of benzene rings is 1. The molecule has 1 fully saturated rings. The molecule has 1 aliphatic carbocycles. The summed E-state index contributed by atoms with van der Waals surface area (Å²) >= 11 is 0. The first-order valence-electron chi connectivity index (χ1n) is 7.21. The Hall–Kier alpha value is -1.21. The summed E-state index contributed by atoms with van der Waals surface area (Å²) in [6.45, 7) is -2.09. The van der Waals surface area contributed by atoms with Gasteiger partial charge in [0.2, 0.25) is 20.0 Å². The molecule has 7 nitrogen and oxygen atoms in total. The van der Waals surface area contributed by atoms with Gasteiger partial charge in [-0.3, -0.25) is 0 Å². The van der Waals surface area contributed by atoms with Gasteiger partial charge in [-0.1, -0.05) is 0 Å². The normalized spacial score (nSPS) is 17.9. The zero-order valence-corrected chi connectivity index (χ0v) is 14.5. The average Bonchev–Trinajstić information content (AvgIpc) is 2.49. The molecule has 12 heteroatoms. The van der Waals surface area contributed by atoms with E-state index in [4.69, 9.17) is 0 Å². The van der Waals surface area contributed by atoms with Crippen LogP contribution in [0, 0.1) is 0 Å². The fourth-order valence-electron chi connectivity index (χ4n) is 2.30. The van der Waals surface area contributed by atoms with Gasteiger partial charge in [0, 0.05) is 0 Å². The van der Waals surface area contributed by atoms with Gasteiger partial charge in [0.25, 0.3) is 0 Å². The molecule has 1 aromatic carbocycles. The maximum absolute atomic E-state index is 12.3. The van der Waals surface area contributed by atoms with Gasteiger partial charge in [-0.2, -0.15) is 13.2 Å². The number of hydrogen-bond donors (Lipinski definition) is 3. The highest BCUT2D eigenvalue weighted by atomic mass is 32.2. The monoisotopic (exact) mass is 402 g/mol. The van der Waals surface area contributed by atoms with Crippen LogP contribution >= 0.6 is 0 Å². The van der Waals surface area contributed by atoms with Crippen molar-refractivity contribution in [2.45, 2.75) is 40.8 Å². The molecular weight excluding hydrogens is 385 g/mol. The topological polar surface area (TPSA) is 113 Å². The van der Waals surface area contributed by atoms with Crippen molar-refractivity contribution in [1.29, 1.82) is 0 Å². The molecule has 2 rings (SSSR count). The predicted molar refractivity (Wildman–Crippen MR) is 81.7 cm³/mol. The molecular formula is C13H17F3N2O5S2. The van der Waals surface area contributed by atoms with Crippen LogP contribution in [-0.4, -0.2) is 46.8 Å². The molecule has 1 aromatic rings.